The number of rotatable bonds is 2. The van der Waals surface area contributed by atoms with Gasteiger partial charge in [0.05, 0.1) is 5.25 Å². The third-order valence-corrected chi connectivity index (χ3v) is 4.15. The Hall–Kier alpha value is -0.180. The Balaban J connectivity index is 2.71. The number of thiol groups is 1. The highest BCUT2D eigenvalue weighted by Gasteiger charge is 2.32. The van der Waals surface area contributed by atoms with Gasteiger partial charge in [0.1, 0.15) is 0 Å². The molecule has 1 rings (SSSR count). The van der Waals surface area contributed by atoms with Crippen molar-refractivity contribution in [3.8, 4) is 0 Å². The van der Waals surface area contributed by atoms with E-state index in [1.807, 2.05) is 4.90 Å². The summed E-state index contributed by atoms with van der Waals surface area (Å²) in [4.78, 5) is 14.3. The van der Waals surface area contributed by atoms with Crippen LogP contribution in [0.4, 0.5) is 0 Å². The van der Waals surface area contributed by atoms with Crippen molar-refractivity contribution in [1.29, 1.82) is 0 Å². The monoisotopic (exact) mass is 229 g/mol. The number of hydrogen-bond acceptors (Lipinski definition) is 2. The fourth-order valence-corrected chi connectivity index (χ4v) is 2.43. The highest BCUT2D eigenvalue weighted by Crippen LogP contribution is 2.25. The molecule has 3 unspecified atom stereocenters. The molecule has 1 aliphatic heterocycles. The van der Waals surface area contributed by atoms with Crippen LogP contribution in [0.25, 0.3) is 0 Å². The Bertz CT molecular complexity index is 220. The first-order valence-corrected chi connectivity index (χ1v) is 6.47. The molecule has 0 aromatic carbocycles. The molecule has 0 saturated carbocycles. The molecule has 2 nitrogen and oxygen atoms in total. The molecule has 0 spiro atoms. The summed E-state index contributed by atoms with van der Waals surface area (Å²) in [6.45, 7) is 8.40. The summed E-state index contributed by atoms with van der Waals surface area (Å²) in [5.74, 6) is 0.523. The molecule has 0 aromatic heterocycles. The van der Waals surface area contributed by atoms with Crippen molar-refractivity contribution in [1.82, 2.24) is 4.90 Å². The first-order valence-electron chi connectivity index (χ1n) is 5.95. The number of nitrogens with zero attached hydrogens (tertiary/aromatic N) is 1. The topological polar surface area (TPSA) is 20.3 Å². The lowest BCUT2D eigenvalue weighted by Gasteiger charge is -2.40. The zero-order chi connectivity index (χ0) is 11.6. The van der Waals surface area contributed by atoms with Gasteiger partial charge in [0.15, 0.2) is 0 Å². The molecule has 3 atom stereocenters. The van der Waals surface area contributed by atoms with E-state index in [-0.39, 0.29) is 11.2 Å². The number of amides is 1. The average Bonchev–Trinajstić information content (AvgIpc) is 2.15. The molecule has 0 bridgehead atoms. The molecule has 3 heteroatoms. The van der Waals surface area contributed by atoms with Crippen molar-refractivity contribution >= 4 is 18.5 Å². The Kier molecular flexibility index (Phi) is 4.50. The predicted molar refractivity (Wildman–Crippen MR) is 67.2 cm³/mol. The molecular formula is C12H23NOS. The third-order valence-electron chi connectivity index (χ3n) is 3.33. The summed E-state index contributed by atoms with van der Waals surface area (Å²) in [5.41, 5.74) is 0. The fourth-order valence-electron chi connectivity index (χ4n) is 2.29. The van der Waals surface area contributed by atoms with Crippen molar-refractivity contribution in [2.75, 3.05) is 0 Å². The summed E-state index contributed by atoms with van der Waals surface area (Å²) < 4.78 is 0. The third kappa shape index (κ3) is 2.90. The van der Waals surface area contributed by atoms with Crippen molar-refractivity contribution in [2.24, 2.45) is 5.92 Å². The molecule has 15 heavy (non-hydrogen) atoms. The maximum absolute atomic E-state index is 12.2. The minimum Gasteiger partial charge on any atom is -0.336 e. The van der Waals surface area contributed by atoms with Crippen LogP contribution in [0.2, 0.25) is 0 Å². The quantitative estimate of drug-likeness (QED) is 0.722. The minimum atomic E-state index is -0.145. The van der Waals surface area contributed by atoms with Crippen LogP contribution in [0.1, 0.15) is 47.0 Å². The van der Waals surface area contributed by atoms with Gasteiger partial charge in [0.2, 0.25) is 5.91 Å². The lowest BCUT2D eigenvalue weighted by atomic mass is 9.96. The normalized spacial score (nSPS) is 29.3. The van der Waals surface area contributed by atoms with Gasteiger partial charge in [0, 0.05) is 12.1 Å². The van der Waals surface area contributed by atoms with Gasteiger partial charge in [-0.15, -0.1) is 0 Å². The molecule has 0 radical (unpaired) electrons. The molecule has 0 aromatic rings. The summed E-state index contributed by atoms with van der Waals surface area (Å²) in [5, 5.41) is -0.145. The molecule has 1 aliphatic rings. The van der Waals surface area contributed by atoms with E-state index in [0.717, 1.165) is 12.8 Å². The van der Waals surface area contributed by atoms with Crippen LogP contribution in [0.3, 0.4) is 0 Å². The first-order chi connectivity index (χ1) is 6.95. The second-order valence-electron chi connectivity index (χ2n) is 5.06. The van der Waals surface area contributed by atoms with E-state index in [0.29, 0.717) is 18.0 Å². The van der Waals surface area contributed by atoms with Gasteiger partial charge in [-0.3, -0.25) is 4.79 Å². The van der Waals surface area contributed by atoms with Gasteiger partial charge in [-0.25, -0.2) is 0 Å². The summed E-state index contributed by atoms with van der Waals surface area (Å²) >= 11 is 4.42. The number of carbonyl (C=O) groups is 1. The summed E-state index contributed by atoms with van der Waals surface area (Å²) in [6, 6.07) is 0.768. The number of piperidine rings is 1. The highest BCUT2D eigenvalue weighted by molar-refractivity contribution is 7.81. The van der Waals surface area contributed by atoms with E-state index in [1.54, 1.807) is 0 Å². The second kappa shape index (κ2) is 5.24. The number of likely N-dealkylation sites (tertiary alicyclic amines) is 1. The van der Waals surface area contributed by atoms with Gasteiger partial charge in [-0.05, 0) is 39.0 Å². The van der Waals surface area contributed by atoms with E-state index in [9.17, 15) is 4.79 Å². The Morgan fingerprint density at radius 3 is 2.13 bits per heavy atom. The first kappa shape index (κ1) is 12.9. The summed E-state index contributed by atoms with van der Waals surface area (Å²) in [6.07, 6.45) is 3.51. The number of hydrogen-bond donors (Lipinski definition) is 1. The Labute approximate surface area is 98.8 Å². The van der Waals surface area contributed by atoms with Gasteiger partial charge in [0.25, 0.3) is 0 Å². The SMILES string of the molecule is CC(C)C(S)C(=O)N1C(C)CCCC1C. The van der Waals surface area contributed by atoms with Crippen LogP contribution < -0.4 is 0 Å². The van der Waals surface area contributed by atoms with Crippen LogP contribution in [0.15, 0.2) is 0 Å². The Morgan fingerprint density at radius 2 is 1.73 bits per heavy atom. The van der Waals surface area contributed by atoms with E-state index >= 15 is 0 Å². The molecule has 0 N–H and O–H groups in total. The molecule has 1 saturated heterocycles. The largest absolute Gasteiger partial charge is 0.336 e. The fraction of sp³-hybridized carbons (Fsp3) is 0.917. The van der Waals surface area contributed by atoms with E-state index in [2.05, 4.69) is 40.3 Å². The minimum absolute atomic E-state index is 0.145. The zero-order valence-corrected chi connectivity index (χ0v) is 11.1. The molecule has 0 aliphatic carbocycles. The second-order valence-corrected chi connectivity index (χ2v) is 5.62. The highest BCUT2D eigenvalue weighted by atomic mass is 32.1. The molecule has 1 fully saturated rings. The van der Waals surface area contributed by atoms with Crippen LogP contribution in [0.5, 0.6) is 0 Å². The van der Waals surface area contributed by atoms with E-state index in [1.165, 1.54) is 6.42 Å². The smallest absolute Gasteiger partial charge is 0.236 e. The molecule has 1 amide bonds. The standard InChI is InChI=1S/C12H23NOS/c1-8(2)11(15)12(14)13-9(3)6-5-7-10(13)4/h8-11,15H,5-7H2,1-4H3. The Morgan fingerprint density at radius 1 is 1.27 bits per heavy atom. The average molecular weight is 229 g/mol. The predicted octanol–water partition coefficient (Wildman–Crippen LogP) is 2.73. The molecule has 88 valence electrons. The van der Waals surface area contributed by atoms with Crippen molar-refractivity contribution in [3.63, 3.8) is 0 Å². The van der Waals surface area contributed by atoms with Gasteiger partial charge < -0.3 is 4.90 Å². The van der Waals surface area contributed by atoms with E-state index < -0.39 is 0 Å². The zero-order valence-electron chi connectivity index (χ0n) is 10.2. The van der Waals surface area contributed by atoms with Crippen molar-refractivity contribution < 1.29 is 4.79 Å². The van der Waals surface area contributed by atoms with Crippen molar-refractivity contribution in [2.45, 2.75) is 64.3 Å². The maximum atomic E-state index is 12.2. The van der Waals surface area contributed by atoms with Gasteiger partial charge >= 0.3 is 0 Å². The number of carbonyl (C=O) groups excluding carboxylic acids is 1. The van der Waals surface area contributed by atoms with Crippen LogP contribution in [0, 0.1) is 5.92 Å². The molecule has 1 heterocycles. The van der Waals surface area contributed by atoms with Crippen LogP contribution >= 0.6 is 12.6 Å². The van der Waals surface area contributed by atoms with Gasteiger partial charge in [-0.2, -0.15) is 12.6 Å². The van der Waals surface area contributed by atoms with Gasteiger partial charge in [-0.1, -0.05) is 13.8 Å². The van der Waals surface area contributed by atoms with E-state index in [4.69, 9.17) is 0 Å². The van der Waals surface area contributed by atoms with Crippen LogP contribution in [-0.2, 0) is 4.79 Å². The van der Waals surface area contributed by atoms with Crippen molar-refractivity contribution in [3.05, 3.63) is 0 Å². The van der Waals surface area contributed by atoms with Crippen LogP contribution in [-0.4, -0.2) is 28.1 Å². The lowest BCUT2D eigenvalue weighted by Crippen LogP contribution is -2.51. The maximum Gasteiger partial charge on any atom is 0.236 e. The summed E-state index contributed by atoms with van der Waals surface area (Å²) in [7, 11) is 0. The lowest BCUT2D eigenvalue weighted by molar-refractivity contribution is -0.137. The molecular weight excluding hydrogens is 206 g/mol.